The summed E-state index contributed by atoms with van der Waals surface area (Å²) in [6, 6.07) is 8.39. The Hall–Kier alpha value is -1.68. The highest BCUT2D eigenvalue weighted by atomic mass is 16.1. The van der Waals surface area contributed by atoms with E-state index in [4.69, 9.17) is 0 Å². The highest BCUT2D eigenvalue weighted by Crippen LogP contribution is 2.19. The summed E-state index contributed by atoms with van der Waals surface area (Å²) in [6.07, 6.45) is 2.41. The first kappa shape index (κ1) is 13.3. The summed E-state index contributed by atoms with van der Waals surface area (Å²) in [5.74, 6) is 0. The van der Waals surface area contributed by atoms with E-state index in [2.05, 4.69) is 16.8 Å². The molecule has 2 heterocycles. The molecule has 4 heteroatoms. The Labute approximate surface area is 119 Å². The zero-order valence-electron chi connectivity index (χ0n) is 12.2. The molecule has 0 N–H and O–H groups in total. The van der Waals surface area contributed by atoms with Gasteiger partial charge in [-0.2, -0.15) is 0 Å². The van der Waals surface area contributed by atoms with Gasteiger partial charge < -0.3 is 4.57 Å². The molecule has 2 aromatic rings. The molecule has 106 valence electrons. The van der Waals surface area contributed by atoms with Crippen LogP contribution in [0.5, 0.6) is 0 Å². The Morgan fingerprint density at radius 2 is 2.15 bits per heavy atom. The van der Waals surface area contributed by atoms with Gasteiger partial charge in [0.1, 0.15) is 5.69 Å². The normalized spacial score (nSPS) is 19.8. The van der Waals surface area contributed by atoms with Gasteiger partial charge in [0.15, 0.2) is 0 Å². The van der Waals surface area contributed by atoms with Gasteiger partial charge >= 0.3 is 0 Å². The molecular weight excluding hydrogens is 250 g/mol. The Morgan fingerprint density at radius 1 is 1.35 bits per heavy atom. The fourth-order valence-corrected chi connectivity index (χ4v) is 3.23. The van der Waals surface area contributed by atoms with Crippen molar-refractivity contribution >= 4 is 11.0 Å². The second-order valence-corrected chi connectivity index (χ2v) is 5.53. The zero-order valence-corrected chi connectivity index (χ0v) is 12.2. The first-order chi connectivity index (χ1) is 9.70. The maximum Gasteiger partial charge on any atom is 0.272 e. The second kappa shape index (κ2) is 5.37. The monoisotopic (exact) mass is 271 g/mol. The summed E-state index contributed by atoms with van der Waals surface area (Å²) in [6.45, 7) is 6.98. The van der Waals surface area contributed by atoms with E-state index in [1.807, 2.05) is 28.8 Å². The van der Waals surface area contributed by atoms with Gasteiger partial charge in [-0.1, -0.05) is 19.1 Å². The quantitative estimate of drug-likeness (QED) is 0.859. The molecule has 1 aliphatic rings. The summed E-state index contributed by atoms with van der Waals surface area (Å²) in [5, 5.41) is 0. The Morgan fingerprint density at radius 3 is 2.95 bits per heavy atom. The van der Waals surface area contributed by atoms with Gasteiger partial charge in [-0.25, -0.2) is 4.98 Å². The Bertz CT molecular complexity index is 677. The molecule has 1 aromatic carbocycles. The van der Waals surface area contributed by atoms with Gasteiger partial charge in [0.05, 0.1) is 11.0 Å². The zero-order chi connectivity index (χ0) is 14.1. The number of hydrogen-bond acceptors (Lipinski definition) is 3. The molecule has 1 atom stereocenters. The van der Waals surface area contributed by atoms with Gasteiger partial charge in [0, 0.05) is 12.6 Å². The molecular formula is C16H21N3O. The first-order valence-electron chi connectivity index (χ1n) is 7.41. The SMILES string of the molecule is CCN1CCC[C@H]1Cn1c(=O)c(C)nc2ccccc21. The minimum atomic E-state index is 0.0478. The number of fused-ring (bicyclic) bond motifs is 1. The van der Waals surface area contributed by atoms with Crippen LogP contribution in [-0.4, -0.2) is 33.6 Å². The lowest BCUT2D eigenvalue weighted by molar-refractivity contribution is 0.244. The van der Waals surface area contributed by atoms with Crippen LogP contribution in [0.3, 0.4) is 0 Å². The topological polar surface area (TPSA) is 38.1 Å². The molecule has 1 aromatic heterocycles. The molecule has 1 saturated heterocycles. The largest absolute Gasteiger partial charge is 0.304 e. The van der Waals surface area contributed by atoms with E-state index in [1.165, 1.54) is 12.8 Å². The summed E-state index contributed by atoms with van der Waals surface area (Å²) in [4.78, 5) is 19.3. The Kier molecular flexibility index (Phi) is 3.57. The van der Waals surface area contributed by atoms with E-state index in [-0.39, 0.29) is 5.56 Å². The Balaban J connectivity index is 2.06. The van der Waals surface area contributed by atoms with E-state index >= 15 is 0 Å². The fourth-order valence-electron chi connectivity index (χ4n) is 3.23. The lowest BCUT2D eigenvalue weighted by Gasteiger charge is -2.24. The maximum atomic E-state index is 12.4. The number of para-hydroxylation sites is 2. The van der Waals surface area contributed by atoms with Gasteiger partial charge in [-0.05, 0) is 45.0 Å². The van der Waals surface area contributed by atoms with E-state index in [0.717, 1.165) is 30.7 Å². The van der Waals surface area contributed by atoms with Crippen molar-refractivity contribution in [3.63, 3.8) is 0 Å². The molecule has 0 bridgehead atoms. The van der Waals surface area contributed by atoms with Crippen LogP contribution in [0.25, 0.3) is 11.0 Å². The smallest absolute Gasteiger partial charge is 0.272 e. The minimum absolute atomic E-state index is 0.0478. The van der Waals surface area contributed by atoms with Crippen LogP contribution in [-0.2, 0) is 6.54 Å². The average molecular weight is 271 g/mol. The molecule has 4 nitrogen and oxygen atoms in total. The third kappa shape index (κ3) is 2.24. The predicted octanol–water partition coefficient (Wildman–Crippen LogP) is 2.19. The average Bonchev–Trinajstić information content (AvgIpc) is 2.91. The second-order valence-electron chi connectivity index (χ2n) is 5.53. The highest BCUT2D eigenvalue weighted by Gasteiger charge is 2.24. The van der Waals surface area contributed by atoms with Crippen molar-refractivity contribution in [1.29, 1.82) is 0 Å². The summed E-state index contributed by atoms with van der Waals surface area (Å²) < 4.78 is 1.91. The molecule has 0 radical (unpaired) electrons. The summed E-state index contributed by atoms with van der Waals surface area (Å²) in [7, 11) is 0. The van der Waals surface area contributed by atoms with Crippen LogP contribution in [0, 0.1) is 6.92 Å². The van der Waals surface area contributed by atoms with Crippen LogP contribution < -0.4 is 5.56 Å². The van der Waals surface area contributed by atoms with E-state index < -0.39 is 0 Å². The lowest BCUT2D eigenvalue weighted by Crippen LogP contribution is -2.36. The lowest BCUT2D eigenvalue weighted by atomic mass is 10.2. The number of hydrogen-bond donors (Lipinski definition) is 0. The molecule has 1 aliphatic heterocycles. The number of benzene rings is 1. The summed E-state index contributed by atoms with van der Waals surface area (Å²) in [5.41, 5.74) is 2.49. The molecule has 1 fully saturated rings. The maximum absolute atomic E-state index is 12.4. The molecule has 3 rings (SSSR count). The highest BCUT2D eigenvalue weighted by molar-refractivity contribution is 5.74. The number of aromatic nitrogens is 2. The molecule has 0 aliphatic carbocycles. The van der Waals surface area contributed by atoms with Crippen molar-refractivity contribution < 1.29 is 0 Å². The van der Waals surface area contributed by atoms with Gasteiger partial charge in [0.25, 0.3) is 5.56 Å². The van der Waals surface area contributed by atoms with Crippen molar-refractivity contribution in [3.8, 4) is 0 Å². The van der Waals surface area contributed by atoms with Crippen molar-refractivity contribution in [3.05, 3.63) is 40.3 Å². The van der Waals surface area contributed by atoms with Gasteiger partial charge in [0.2, 0.25) is 0 Å². The number of likely N-dealkylation sites (N-methyl/N-ethyl adjacent to an activating group) is 1. The number of aryl methyl sites for hydroxylation is 1. The molecule has 0 saturated carbocycles. The van der Waals surface area contributed by atoms with E-state index in [1.54, 1.807) is 6.92 Å². The number of likely N-dealkylation sites (tertiary alicyclic amines) is 1. The molecule has 0 unspecified atom stereocenters. The van der Waals surface area contributed by atoms with Crippen molar-refractivity contribution in [2.24, 2.45) is 0 Å². The van der Waals surface area contributed by atoms with Crippen LogP contribution in [0.1, 0.15) is 25.5 Å². The molecule has 0 amide bonds. The standard InChI is InChI=1S/C16H21N3O/c1-3-18-10-6-7-13(18)11-19-15-9-5-4-8-14(15)17-12(2)16(19)20/h4-5,8-9,13H,3,6-7,10-11H2,1-2H3/t13-/m0/s1. The van der Waals surface area contributed by atoms with Crippen molar-refractivity contribution in [2.75, 3.05) is 13.1 Å². The minimum Gasteiger partial charge on any atom is -0.304 e. The number of rotatable bonds is 3. The third-order valence-electron chi connectivity index (χ3n) is 4.31. The van der Waals surface area contributed by atoms with Crippen molar-refractivity contribution in [2.45, 2.75) is 39.3 Å². The van der Waals surface area contributed by atoms with Crippen molar-refractivity contribution in [1.82, 2.24) is 14.5 Å². The van der Waals surface area contributed by atoms with Gasteiger partial charge in [-0.15, -0.1) is 0 Å². The van der Waals surface area contributed by atoms with Crippen LogP contribution in [0.15, 0.2) is 29.1 Å². The third-order valence-corrected chi connectivity index (χ3v) is 4.31. The van der Waals surface area contributed by atoms with Crippen LogP contribution in [0.2, 0.25) is 0 Å². The van der Waals surface area contributed by atoms with Crippen LogP contribution in [0.4, 0.5) is 0 Å². The number of nitrogens with zero attached hydrogens (tertiary/aromatic N) is 3. The fraction of sp³-hybridized carbons (Fsp3) is 0.500. The molecule has 0 spiro atoms. The van der Waals surface area contributed by atoms with Gasteiger partial charge in [-0.3, -0.25) is 9.69 Å². The van der Waals surface area contributed by atoms with E-state index in [9.17, 15) is 4.79 Å². The predicted molar refractivity (Wildman–Crippen MR) is 81.0 cm³/mol. The van der Waals surface area contributed by atoms with E-state index in [0.29, 0.717) is 11.7 Å². The first-order valence-corrected chi connectivity index (χ1v) is 7.41. The van der Waals surface area contributed by atoms with Crippen LogP contribution >= 0.6 is 0 Å². The summed E-state index contributed by atoms with van der Waals surface area (Å²) >= 11 is 0. The molecule has 20 heavy (non-hydrogen) atoms.